The van der Waals surface area contributed by atoms with Gasteiger partial charge in [-0.15, -0.1) is 0 Å². The fourth-order valence-electron chi connectivity index (χ4n) is 1.79. The maximum Gasteiger partial charge on any atom is 0.0547 e. The van der Waals surface area contributed by atoms with Crippen molar-refractivity contribution in [3.8, 4) is 0 Å². The molecule has 0 spiro atoms. The SMILES string of the molecule is CC(NCc1ccc(Cl)cc1)c1ccnn1C. The molecule has 1 atom stereocenters. The predicted molar refractivity (Wildman–Crippen MR) is 69.9 cm³/mol. The first-order valence-corrected chi connectivity index (χ1v) is 6.00. The highest BCUT2D eigenvalue weighted by atomic mass is 35.5. The first-order valence-electron chi connectivity index (χ1n) is 5.62. The number of rotatable bonds is 4. The van der Waals surface area contributed by atoms with Crippen molar-refractivity contribution < 1.29 is 0 Å². The molecule has 0 bridgehead atoms. The molecule has 1 heterocycles. The van der Waals surface area contributed by atoms with Gasteiger partial charge in [0, 0.05) is 30.9 Å². The first-order chi connectivity index (χ1) is 8.16. The van der Waals surface area contributed by atoms with Gasteiger partial charge >= 0.3 is 0 Å². The molecular formula is C13H16ClN3. The van der Waals surface area contributed by atoms with Crippen LogP contribution in [0.4, 0.5) is 0 Å². The molecule has 0 saturated carbocycles. The summed E-state index contributed by atoms with van der Waals surface area (Å²) in [6, 6.07) is 10.2. The molecule has 0 radical (unpaired) electrons. The highest BCUT2D eigenvalue weighted by Gasteiger charge is 2.08. The lowest BCUT2D eigenvalue weighted by Crippen LogP contribution is -2.20. The lowest BCUT2D eigenvalue weighted by Gasteiger charge is -2.14. The number of benzene rings is 1. The van der Waals surface area contributed by atoms with Crippen molar-refractivity contribution in [3.05, 3.63) is 52.8 Å². The van der Waals surface area contributed by atoms with E-state index in [1.807, 2.05) is 48.3 Å². The minimum atomic E-state index is 0.276. The quantitative estimate of drug-likeness (QED) is 0.903. The van der Waals surface area contributed by atoms with E-state index in [-0.39, 0.29) is 6.04 Å². The molecule has 1 aromatic heterocycles. The van der Waals surface area contributed by atoms with Crippen molar-refractivity contribution in [1.82, 2.24) is 15.1 Å². The Kier molecular flexibility index (Phi) is 3.82. The van der Waals surface area contributed by atoms with Crippen LogP contribution < -0.4 is 5.32 Å². The van der Waals surface area contributed by atoms with Gasteiger partial charge in [-0.1, -0.05) is 23.7 Å². The van der Waals surface area contributed by atoms with Crippen molar-refractivity contribution in [3.63, 3.8) is 0 Å². The average Bonchev–Trinajstić information content (AvgIpc) is 2.74. The Balaban J connectivity index is 1.94. The van der Waals surface area contributed by atoms with Gasteiger partial charge in [0.15, 0.2) is 0 Å². The Bertz CT molecular complexity index is 476. The summed E-state index contributed by atoms with van der Waals surface area (Å²) in [5.74, 6) is 0. The van der Waals surface area contributed by atoms with Crippen molar-refractivity contribution in [1.29, 1.82) is 0 Å². The summed E-state index contributed by atoms with van der Waals surface area (Å²) in [6.45, 7) is 2.95. The zero-order chi connectivity index (χ0) is 12.3. The summed E-state index contributed by atoms with van der Waals surface area (Å²) in [7, 11) is 1.95. The van der Waals surface area contributed by atoms with E-state index in [1.165, 1.54) is 11.3 Å². The van der Waals surface area contributed by atoms with E-state index in [4.69, 9.17) is 11.6 Å². The molecule has 2 aromatic rings. The van der Waals surface area contributed by atoms with Gasteiger partial charge in [0.2, 0.25) is 0 Å². The van der Waals surface area contributed by atoms with E-state index in [1.54, 1.807) is 0 Å². The summed E-state index contributed by atoms with van der Waals surface area (Å²) in [5, 5.41) is 8.39. The third-order valence-electron chi connectivity index (χ3n) is 2.83. The van der Waals surface area contributed by atoms with Crippen molar-refractivity contribution >= 4 is 11.6 Å². The molecule has 0 aliphatic carbocycles. The summed E-state index contributed by atoms with van der Waals surface area (Å²) < 4.78 is 1.89. The van der Waals surface area contributed by atoms with Crippen molar-refractivity contribution in [2.75, 3.05) is 0 Å². The van der Waals surface area contributed by atoms with Crippen molar-refractivity contribution in [2.45, 2.75) is 19.5 Å². The second-order valence-electron chi connectivity index (χ2n) is 4.11. The van der Waals surface area contributed by atoms with Crippen LogP contribution >= 0.6 is 11.6 Å². The minimum Gasteiger partial charge on any atom is -0.305 e. The van der Waals surface area contributed by atoms with Gasteiger partial charge in [0.05, 0.1) is 5.69 Å². The lowest BCUT2D eigenvalue weighted by atomic mass is 10.2. The molecular weight excluding hydrogens is 234 g/mol. The van der Waals surface area contributed by atoms with Crippen LogP contribution in [0.2, 0.25) is 5.02 Å². The Morgan fingerprint density at radius 1 is 1.29 bits per heavy atom. The normalized spacial score (nSPS) is 12.6. The molecule has 1 N–H and O–H groups in total. The molecule has 0 aliphatic heterocycles. The second-order valence-corrected chi connectivity index (χ2v) is 4.55. The molecule has 2 rings (SSSR count). The highest BCUT2D eigenvalue weighted by Crippen LogP contribution is 2.13. The molecule has 1 unspecified atom stereocenters. The number of halogens is 1. The molecule has 17 heavy (non-hydrogen) atoms. The fourth-order valence-corrected chi connectivity index (χ4v) is 1.91. The summed E-state index contributed by atoms with van der Waals surface area (Å²) in [5.41, 5.74) is 2.40. The van der Waals surface area contributed by atoms with Crippen LogP contribution in [0, 0.1) is 0 Å². The Hall–Kier alpha value is -1.32. The number of hydrogen-bond acceptors (Lipinski definition) is 2. The van der Waals surface area contributed by atoms with E-state index in [0.29, 0.717) is 0 Å². The van der Waals surface area contributed by atoms with Gasteiger partial charge in [-0.3, -0.25) is 4.68 Å². The van der Waals surface area contributed by atoms with Crippen LogP contribution in [0.3, 0.4) is 0 Å². The van der Waals surface area contributed by atoms with Gasteiger partial charge in [-0.05, 0) is 30.7 Å². The third-order valence-corrected chi connectivity index (χ3v) is 3.08. The number of aryl methyl sites for hydroxylation is 1. The Morgan fingerprint density at radius 3 is 2.59 bits per heavy atom. The van der Waals surface area contributed by atoms with Gasteiger partial charge in [-0.25, -0.2) is 0 Å². The van der Waals surface area contributed by atoms with Crippen LogP contribution in [0.5, 0.6) is 0 Å². The molecule has 1 aromatic carbocycles. The standard InChI is InChI=1S/C13H16ClN3/c1-10(13-7-8-16-17(13)2)15-9-11-3-5-12(14)6-4-11/h3-8,10,15H,9H2,1-2H3. The molecule has 90 valence electrons. The molecule has 3 nitrogen and oxygen atoms in total. The van der Waals surface area contributed by atoms with Crippen LogP contribution in [-0.2, 0) is 13.6 Å². The van der Waals surface area contributed by atoms with E-state index in [2.05, 4.69) is 17.3 Å². The number of hydrogen-bond donors (Lipinski definition) is 1. The number of nitrogens with one attached hydrogen (secondary N) is 1. The van der Waals surface area contributed by atoms with Gasteiger partial charge in [0.25, 0.3) is 0 Å². The van der Waals surface area contributed by atoms with Crippen LogP contribution in [0.1, 0.15) is 24.2 Å². The topological polar surface area (TPSA) is 29.9 Å². The Labute approximate surface area is 106 Å². The monoisotopic (exact) mass is 249 g/mol. The smallest absolute Gasteiger partial charge is 0.0547 e. The van der Waals surface area contributed by atoms with Gasteiger partial charge < -0.3 is 5.32 Å². The van der Waals surface area contributed by atoms with Crippen LogP contribution in [0.15, 0.2) is 36.5 Å². The molecule has 0 aliphatic rings. The summed E-state index contributed by atoms with van der Waals surface area (Å²) in [4.78, 5) is 0. The molecule has 4 heteroatoms. The predicted octanol–water partition coefficient (Wildman–Crippen LogP) is 2.92. The zero-order valence-corrected chi connectivity index (χ0v) is 10.8. The molecule has 0 fully saturated rings. The fraction of sp³-hybridized carbons (Fsp3) is 0.308. The summed E-state index contributed by atoms with van der Waals surface area (Å²) >= 11 is 5.84. The highest BCUT2D eigenvalue weighted by molar-refractivity contribution is 6.30. The Morgan fingerprint density at radius 2 is 2.00 bits per heavy atom. The maximum atomic E-state index is 5.84. The maximum absolute atomic E-state index is 5.84. The third kappa shape index (κ3) is 3.08. The number of aromatic nitrogens is 2. The van der Waals surface area contributed by atoms with Gasteiger partial charge in [-0.2, -0.15) is 5.10 Å². The van der Waals surface area contributed by atoms with Crippen LogP contribution in [0.25, 0.3) is 0 Å². The number of nitrogens with zero attached hydrogens (tertiary/aromatic N) is 2. The van der Waals surface area contributed by atoms with E-state index in [9.17, 15) is 0 Å². The molecule has 0 amide bonds. The van der Waals surface area contributed by atoms with Gasteiger partial charge in [0.1, 0.15) is 0 Å². The largest absolute Gasteiger partial charge is 0.305 e. The van der Waals surface area contributed by atoms with Crippen LogP contribution in [-0.4, -0.2) is 9.78 Å². The van der Waals surface area contributed by atoms with E-state index < -0.39 is 0 Å². The second kappa shape index (κ2) is 5.34. The molecule has 0 saturated heterocycles. The van der Waals surface area contributed by atoms with Crippen molar-refractivity contribution in [2.24, 2.45) is 7.05 Å². The minimum absolute atomic E-state index is 0.276. The van der Waals surface area contributed by atoms with E-state index in [0.717, 1.165) is 11.6 Å². The van der Waals surface area contributed by atoms with E-state index >= 15 is 0 Å². The first kappa shape index (κ1) is 12.1. The summed E-state index contributed by atoms with van der Waals surface area (Å²) in [6.07, 6.45) is 1.82. The zero-order valence-electron chi connectivity index (χ0n) is 10.0. The average molecular weight is 250 g/mol. The lowest BCUT2D eigenvalue weighted by molar-refractivity contribution is 0.530.